The first-order valence-corrected chi connectivity index (χ1v) is 6.12. The highest BCUT2D eigenvalue weighted by Crippen LogP contribution is 2.33. The Morgan fingerprint density at radius 3 is 2.21 bits per heavy atom. The smallest absolute Gasteiger partial charge is 0.119 e. The highest BCUT2D eigenvalue weighted by atomic mass is 16.5. The first kappa shape index (κ1) is 13.4. The van der Waals surface area contributed by atoms with Crippen molar-refractivity contribution in [2.24, 2.45) is 0 Å². The summed E-state index contributed by atoms with van der Waals surface area (Å²) in [6, 6.07) is 12.2. The molecule has 2 N–H and O–H groups in total. The Kier molecular flexibility index (Phi) is 3.49. The van der Waals surface area contributed by atoms with Crippen molar-refractivity contribution in [3.05, 3.63) is 59.2 Å². The minimum absolute atomic E-state index is 0.186. The van der Waals surface area contributed by atoms with E-state index in [4.69, 9.17) is 4.74 Å². The summed E-state index contributed by atoms with van der Waals surface area (Å²) in [6.07, 6.45) is 0. The topological polar surface area (TPSA) is 49.7 Å². The van der Waals surface area contributed by atoms with Crippen molar-refractivity contribution in [2.75, 3.05) is 7.11 Å². The van der Waals surface area contributed by atoms with Crippen molar-refractivity contribution in [1.29, 1.82) is 0 Å². The van der Waals surface area contributed by atoms with Crippen LogP contribution in [0.3, 0.4) is 0 Å². The normalized spacial score (nSPS) is 13.9. The third-order valence-electron chi connectivity index (χ3n) is 3.39. The molecule has 0 fully saturated rings. The molecule has 2 aromatic rings. The van der Waals surface area contributed by atoms with Crippen molar-refractivity contribution in [3.8, 4) is 11.5 Å². The van der Waals surface area contributed by atoms with E-state index in [1.165, 1.54) is 0 Å². The van der Waals surface area contributed by atoms with E-state index in [-0.39, 0.29) is 5.75 Å². The van der Waals surface area contributed by atoms with Gasteiger partial charge in [0.1, 0.15) is 17.1 Å². The molecular weight excluding hydrogens is 240 g/mol. The average molecular weight is 258 g/mol. The van der Waals surface area contributed by atoms with Crippen molar-refractivity contribution in [3.63, 3.8) is 0 Å². The fourth-order valence-corrected chi connectivity index (χ4v) is 2.25. The van der Waals surface area contributed by atoms with E-state index in [1.54, 1.807) is 38.3 Å². The van der Waals surface area contributed by atoms with Gasteiger partial charge in [-0.25, -0.2) is 0 Å². The highest BCUT2D eigenvalue weighted by Gasteiger charge is 2.27. The largest absolute Gasteiger partial charge is 0.508 e. The van der Waals surface area contributed by atoms with Crippen LogP contribution in [0.4, 0.5) is 0 Å². The maximum Gasteiger partial charge on any atom is 0.119 e. The number of aryl methyl sites for hydroxylation is 1. The number of phenolic OH excluding ortho intramolecular Hbond substituents is 1. The van der Waals surface area contributed by atoms with Gasteiger partial charge in [-0.1, -0.05) is 18.2 Å². The fraction of sp³-hybridized carbons (Fsp3) is 0.250. The van der Waals surface area contributed by atoms with E-state index in [1.807, 2.05) is 25.1 Å². The van der Waals surface area contributed by atoms with Crippen LogP contribution < -0.4 is 4.74 Å². The maximum atomic E-state index is 10.8. The lowest BCUT2D eigenvalue weighted by molar-refractivity contribution is 0.101. The predicted molar refractivity (Wildman–Crippen MR) is 74.5 cm³/mol. The minimum atomic E-state index is -1.11. The summed E-state index contributed by atoms with van der Waals surface area (Å²) in [4.78, 5) is 0. The molecule has 0 aliphatic rings. The molecule has 100 valence electrons. The van der Waals surface area contributed by atoms with Gasteiger partial charge in [0.2, 0.25) is 0 Å². The predicted octanol–water partition coefficient (Wildman–Crippen LogP) is 2.97. The lowest BCUT2D eigenvalue weighted by Gasteiger charge is -2.26. The molecule has 0 aliphatic carbocycles. The SMILES string of the molecule is COc1ccc(C(C)(O)c2ccc(O)cc2)c(C)c1. The molecule has 1 atom stereocenters. The Morgan fingerprint density at radius 1 is 1.05 bits per heavy atom. The molecule has 0 bridgehead atoms. The number of rotatable bonds is 3. The molecule has 0 heterocycles. The van der Waals surface area contributed by atoms with Gasteiger partial charge in [0, 0.05) is 0 Å². The van der Waals surface area contributed by atoms with Gasteiger partial charge in [-0.15, -0.1) is 0 Å². The summed E-state index contributed by atoms with van der Waals surface area (Å²) in [5.41, 5.74) is 1.40. The zero-order valence-corrected chi connectivity index (χ0v) is 11.3. The molecule has 0 spiro atoms. The van der Waals surface area contributed by atoms with Crippen LogP contribution in [0.5, 0.6) is 11.5 Å². The van der Waals surface area contributed by atoms with Crippen LogP contribution in [0, 0.1) is 6.92 Å². The van der Waals surface area contributed by atoms with Crippen LogP contribution in [0.2, 0.25) is 0 Å². The minimum Gasteiger partial charge on any atom is -0.508 e. The second kappa shape index (κ2) is 4.94. The molecule has 0 aromatic heterocycles. The molecule has 3 heteroatoms. The summed E-state index contributed by atoms with van der Waals surface area (Å²) in [6.45, 7) is 3.68. The van der Waals surface area contributed by atoms with Crippen molar-refractivity contribution >= 4 is 0 Å². The molecular formula is C16H18O3. The molecule has 3 nitrogen and oxygen atoms in total. The molecule has 0 aliphatic heterocycles. The Balaban J connectivity index is 2.46. The van der Waals surface area contributed by atoms with Crippen molar-refractivity contribution < 1.29 is 14.9 Å². The van der Waals surface area contributed by atoms with E-state index in [0.29, 0.717) is 0 Å². The van der Waals surface area contributed by atoms with Crippen LogP contribution in [-0.4, -0.2) is 17.3 Å². The number of phenols is 1. The lowest BCUT2D eigenvalue weighted by Crippen LogP contribution is -2.23. The first-order chi connectivity index (χ1) is 8.95. The van der Waals surface area contributed by atoms with Gasteiger partial charge in [-0.2, -0.15) is 0 Å². The van der Waals surface area contributed by atoms with Gasteiger partial charge in [-0.3, -0.25) is 0 Å². The van der Waals surface area contributed by atoms with E-state index >= 15 is 0 Å². The number of methoxy groups -OCH3 is 1. The summed E-state index contributed by atoms with van der Waals surface area (Å²) in [5, 5.41) is 20.1. The Labute approximate surface area is 113 Å². The highest BCUT2D eigenvalue weighted by molar-refractivity contribution is 5.44. The molecule has 0 amide bonds. The number of aliphatic hydroxyl groups is 1. The molecule has 0 saturated heterocycles. The van der Waals surface area contributed by atoms with Gasteiger partial charge in [0.05, 0.1) is 7.11 Å². The number of ether oxygens (including phenoxy) is 1. The summed E-state index contributed by atoms with van der Waals surface area (Å²) in [7, 11) is 1.62. The van der Waals surface area contributed by atoms with Crippen LogP contribution in [-0.2, 0) is 5.60 Å². The quantitative estimate of drug-likeness (QED) is 0.890. The molecule has 0 radical (unpaired) electrons. The van der Waals surface area contributed by atoms with E-state index in [2.05, 4.69) is 0 Å². The number of hydrogen-bond donors (Lipinski definition) is 2. The summed E-state index contributed by atoms with van der Waals surface area (Å²) in [5.74, 6) is 0.953. The third kappa shape index (κ3) is 2.56. The van der Waals surface area contributed by atoms with E-state index in [9.17, 15) is 10.2 Å². The summed E-state index contributed by atoms with van der Waals surface area (Å²) >= 11 is 0. The molecule has 19 heavy (non-hydrogen) atoms. The van der Waals surface area contributed by atoms with E-state index < -0.39 is 5.60 Å². The Hall–Kier alpha value is -2.00. The number of benzene rings is 2. The standard InChI is InChI=1S/C16H18O3/c1-11-10-14(19-3)8-9-15(11)16(2,18)12-4-6-13(17)7-5-12/h4-10,17-18H,1-3H3. The molecule has 2 rings (SSSR count). The average Bonchev–Trinajstić information content (AvgIpc) is 2.38. The third-order valence-corrected chi connectivity index (χ3v) is 3.39. The molecule has 0 saturated carbocycles. The zero-order valence-electron chi connectivity index (χ0n) is 11.3. The van der Waals surface area contributed by atoms with Crippen LogP contribution in [0.1, 0.15) is 23.6 Å². The molecule has 2 aromatic carbocycles. The summed E-state index contributed by atoms with van der Waals surface area (Å²) < 4.78 is 5.17. The fourth-order valence-electron chi connectivity index (χ4n) is 2.25. The van der Waals surface area contributed by atoms with Crippen LogP contribution >= 0.6 is 0 Å². The van der Waals surface area contributed by atoms with Crippen LogP contribution in [0.25, 0.3) is 0 Å². The zero-order chi connectivity index (χ0) is 14.0. The number of hydrogen-bond acceptors (Lipinski definition) is 3. The second-order valence-corrected chi connectivity index (χ2v) is 4.80. The Morgan fingerprint density at radius 2 is 1.68 bits per heavy atom. The van der Waals surface area contributed by atoms with Gasteiger partial charge in [0.25, 0.3) is 0 Å². The van der Waals surface area contributed by atoms with Gasteiger partial charge >= 0.3 is 0 Å². The van der Waals surface area contributed by atoms with Crippen molar-refractivity contribution in [2.45, 2.75) is 19.4 Å². The Bertz CT molecular complexity index is 571. The van der Waals surface area contributed by atoms with Crippen LogP contribution in [0.15, 0.2) is 42.5 Å². The van der Waals surface area contributed by atoms with Crippen molar-refractivity contribution in [1.82, 2.24) is 0 Å². The molecule has 1 unspecified atom stereocenters. The first-order valence-electron chi connectivity index (χ1n) is 6.12. The second-order valence-electron chi connectivity index (χ2n) is 4.80. The monoisotopic (exact) mass is 258 g/mol. The van der Waals surface area contributed by atoms with Gasteiger partial charge in [0.15, 0.2) is 0 Å². The van der Waals surface area contributed by atoms with Gasteiger partial charge < -0.3 is 14.9 Å². The van der Waals surface area contributed by atoms with Gasteiger partial charge in [-0.05, 0) is 54.8 Å². The lowest BCUT2D eigenvalue weighted by atomic mass is 9.85. The van der Waals surface area contributed by atoms with E-state index in [0.717, 1.165) is 22.4 Å². The number of aromatic hydroxyl groups is 1. The maximum absolute atomic E-state index is 10.8.